The van der Waals surface area contributed by atoms with Crippen molar-refractivity contribution in [2.45, 2.75) is 18.8 Å². The molecule has 0 saturated carbocycles. The van der Waals surface area contributed by atoms with Crippen LogP contribution in [-0.2, 0) is 0 Å². The Morgan fingerprint density at radius 1 is 1.17 bits per heavy atom. The second kappa shape index (κ2) is 8.02. The van der Waals surface area contributed by atoms with E-state index in [1.165, 1.54) is 26.4 Å². The van der Waals surface area contributed by atoms with Gasteiger partial charge in [0.25, 0.3) is 11.6 Å². The van der Waals surface area contributed by atoms with E-state index in [2.05, 4.69) is 9.97 Å². The van der Waals surface area contributed by atoms with Gasteiger partial charge in [0.1, 0.15) is 11.4 Å². The molecule has 1 fully saturated rings. The zero-order valence-electron chi connectivity index (χ0n) is 16.8. The maximum atomic E-state index is 13.1. The molecule has 1 saturated heterocycles. The van der Waals surface area contributed by atoms with Crippen LogP contribution in [0.25, 0.3) is 11.0 Å². The Morgan fingerprint density at radius 3 is 2.47 bits per heavy atom. The second-order valence-electron chi connectivity index (χ2n) is 7.19. The maximum Gasteiger partial charge on any atom is 0.286 e. The third-order valence-corrected chi connectivity index (χ3v) is 5.51. The van der Waals surface area contributed by atoms with Crippen molar-refractivity contribution in [3.05, 3.63) is 57.9 Å². The minimum Gasteiger partial charge on any atom is -0.493 e. The zero-order valence-corrected chi connectivity index (χ0v) is 16.8. The number of imidazole rings is 1. The van der Waals surface area contributed by atoms with Gasteiger partial charge < -0.3 is 19.4 Å². The SMILES string of the molecule is COc1cc(C(=O)N2CCC(c3nc4ccccc4[nH]3)CC2)c([N+](=O)[O-])cc1OC. The summed E-state index contributed by atoms with van der Waals surface area (Å²) in [6.45, 7) is 0.984. The summed E-state index contributed by atoms with van der Waals surface area (Å²) in [5.41, 5.74) is 1.62. The number of ether oxygens (including phenoxy) is 2. The fraction of sp³-hybridized carbons (Fsp3) is 0.333. The molecular formula is C21H22N4O5. The number of nitro groups is 1. The molecule has 1 aliphatic rings. The van der Waals surface area contributed by atoms with Crippen LogP contribution in [0.3, 0.4) is 0 Å². The first-order valence-corrected chi connectivity index (χ1v) is 9.66. The number of likely N-dealkylation sites (tertiary alicyclic amines) is 1. The number of para-hydroxylation sites is 2. The number of amides is 1. The number of nitrogens with zero attached hydrogens (tertiary/aromatic N) is 3. The molecule has 0 aliphatic carbocycles. The minimum atomic E-state index is -0.573. The summed E-state index contributed by atoms with van der Waals surface area (Å²) in [5.74, 6) is 1.24. The Hall–Kier alpha value is -3.62. The summed E-state index contributed by atoms with van der Waals surface area (Å²) in [4.78, 5) is 33.7. The summed E-state index contributed by atoms with van der Waals surface area (Å²) >= 11 is 0. The predicted molar refractivity (Wildman–Crippen MR) is 110 cm³/mol. The van der Waals surface area contributed by atoms with E-state index in [0.717, 1.165) is 29.7 Å². The summed E-state index contributed by atoms with van der Waals surface area (Å²) in [7, 11) is 2.82. The van der Waals surface area contributed by atoms with Crippen LogP contribution in [0.1, 0.15) is 34.9 Å². The molecule has 156 valence electrons. The van der Waals surface area contributed by atoms with Gasteiger partial charge in [-0.3, -0.25) is 14.9 Å². The third kappa shape index (κ3) is 3.54. The van der Waals surface area contributed by atoms with E-state index in [-0.39, 0.29) is 34.6 Å². The summed E-state index contributed by atoms with van der Waals surface area (Å²) in [5, 5.41) is 11.5. The lowest BCUT2D eigenvalue weighted by molar-refractivity contribution is -0.385. The average molecular weight is 410 g/mol. The Morgan fingerprint density at radius 2 is 1.83 bits per heavy atom. The highest BCUT2D eigenvalue weighted by atomic mass is 16.6. The number of H-pyrrole nitrogens is 1. The Balaban J connectivity index is 1.53. The number of aromatic nitrogens is 2. The molecule has 1 aromatic heterocycles. The standard InChI is InChI=1S/C21H22N4O5/c1-29-18-11-14(17(25(27)28)12-19(18)30-2)21(26)24-9-7-13(8-10-24)20-22-15-5-3-4-6-16(15)23-20/h3-6,11-13H,7-10H2,1-2H3,(H,22,23). The van der Waals surface area contributed by atoms with Gasteiger partial charge in [-0.1, -0.05) is 12.1 Å². The molecule has 2 heterocycles. The molecule has 0 unspecified atom stereocenters. The smallest absolute Gasteiger partial charge is 0.286 e. The number of fused-ring (bicyclic) bond motifs is 1. The molecule has 0 atom stereocenters. The molecular weight excluding hydrogens is 388 g/mol. The Labute approximate surface area is 172 Å². The number of carbonyl (C=O) groups excluding carboxylic acids is 1. The topological polar surface area (TPSA) is 111 Å². The summed E-state index contributed by atoms with van der Waals surface area (Å²) < 4.78 is 10.4. The van der Waals surface area contributed by atoms with E-state index in [1.54, 1.807) is 4.90 Å². The van der Waals surface area contributed by atoms with Crippen molar-refractivity contribution in [3.8, 4) is 11.5 Å². The number of nitrogens with one attached hydrogen (secondary N) is 1. The first kappa shape index (κ1) is 19.7. The Bertz CT molecular complexity index is 1070. The van der Waals surface area contributed by atoms with Gasteiger partial charge in [0.15, 0.2) is 11.5 Å². The highest BCUT2D eigenvalue weighted by Crippen LogP contribution is 2.36. The van der Waals surface area contributed by atoms with Gasteiger partial charge >= 0.3 is 0 Å². The molecule has 1 amide bonds. The van der Waals surface area contributed by atoms with Crippen LogP contribution in [0.4, 0.5) is 5.69 Å². The number of aromatic amines is 1. The molecule has 9 heteroatoms. The summed E-state index contributed by atoms with van der Waals surface area (Å²) in [6.07, 6.45) is 1.46. The van der Waals surface area contributed by atoms with Crippen molar-refractivity contribution in [1.29, 1.82) is 0 Å². The number of hydrogen-bond donors (Lipinski definition) is 1. The molecule has 30 heavy (non-hydrogen) atoms. The third-order valence-electron chi connectivity index (χ3n) is 5.51. The van der Waals surface area contributed by atoms with E-state index >= 15 is 0 Å². The van der Waals surface area contributed by atoms with Gasteiger partial charge in [0.05, 0.1) is 36.2 Å². The number of hydrogen-bond acceptors (Lipinski definition) is 6. The first-order valence-electron chi connectivity index (χ1n) is 9.66. The number of methoxy groups -OCH3 is 2. The molecule has 1 N–H and O–H groups in total. The fourth-order valence-electron chi connectivity index (χ4n) is 3.88. The lowest BCUT2D eigenvalue weighted by Crippen LogP contribution is -2.38. The first-order chi connectivity index (χ1) is 14.5. The summed E-state index contributed by atoms with van der Waals surface area (Å²) in [6, 6.07) is 10.5. The van der Waals surface area contributed by atoms with Gasteiger partial charge in [-0.25, -0.2) is 4.98 Å². The molecule has 2 aromatic carbocycles. The van der Waals surface area contributed by atoms with Crippen molar-refractivity contribution >= 4 is 22.6 Å². The van der Waals surface area contributed by atoms with Crippen molar-refractivity contribution in [1.82, 2.24) is 14.9 Å². The minimum absolute atomic E-state index is 0.000151. The predicted octanol–water partition coefficient (Wildman–Crippen LogP) is 3.51. The van der Waals surface area contributed by atoms with Crippen LogP contribution in [0.2, 0.25) is 0 Å². The van der Waals surface area contributed by atoms with Crippen molar-refractivity contribution < 1.29 is 19.2 Å². The largest absolute Gasteiger partial charge is 0.493 e. The molecule has 1 aliphatic heterocycles. The molecule has 9 nitrogen and oxygen atoms in total. The van der Waals surface area contributed by atoms with Gasteiger partial charge in [-0.15, -0.1) is 0 Å². The van der Waals surface area contributed by atoms with E-state index in [9.17, 15) is 14.9 Å². The van der Waals surface area contributed by atoms with E-state index in [1.807, 2.05) is 24.3 Å². The van der Waals surface area contributed by atoms with Crippen LogP contribution < -0.4 is 9.47 Å². The van der Waals surface area contributed by atoms with E-state index in [0.29, 0.717) is 13.1 Å². The quantitative estimate of drug-likeness (QED) is 0.509. The molecule has 3 aromatic rings. The van der Waals surface area contributed by atoms with Crippen LogP contribution in [0.15, 0.2) is 36.4 Å². The van der Waals surface area contributed by atoms with Crippen LogP contribution in [-0.4, -0.2) is 53.0 Å². The van der Waals surface area contributed by atoms with E-state index < -0.39 is 4.92 Å². The normalized spacial score (nSPS) is 14.7. The van der Waals surface area contributed by atoms with Gasteiger partial charge in [-0.2, -0.15) is 0 Å². The van der Waals surface area contributed by atoms with Crippen molar-refractivity contribution in [2.24, 2.45) is 0 Å². The number of piperidine rings is 1. The van der Waals surface area contributed by atoms with Crippen molar-refractivity contribution in [2.75, 3.05) is 27.3 Å². The van der Waals surface area contributed by atoms with Crippen LogP contribution in [0, 0.1) is 10.1 Å². The van der Waals surface area contributed by atoms with Gasteiger partial charge in [0.2, 0.25) is 0 Å². The van der Waals surface area contributed by atoms with E-state index in [4.69, 9.17) is 9.47 Å². The second-order valence-corrected chi connectivity index (χ2v) is 7.19. The molecule has 0 radical (unpaired) electrons. The molecule has 0 spiro atoms. The highest BCUT2D eigenvalue weighted by molar-refractivity contribution is 5.99. The highest BCUT2D eigenvalue weighted by Gasteiger charge is 2.31. The van der Waals surface area contributed by atoms with Gasteiger partial charge in [-0.05, 0) is 25.0 Å². The lowest BCUT2D eigenvalue weighted by Gasteiger charge is -2.31. The molecule has 4 rings (SSSR count). The van der Waals surface area contributed by atoms with Gasteiger partial charge in [0, 0.05) is 25.1 Å². The van der Waals surface area contributed by atoms with Crippen LogP contribution >= 0.6 is 0 Å². The monoisotopic (exact) mass is 410 g/mol. The Kier molecular flexibility index (Phi) is 5.26. The van der Waals surface area contributed by atoms with Crippen molar-refractivity contribution in [3.63, 3.8) is 0 Å². The zero-order chi connectivity index (χ0) is 21.3. The number of nitro benzene ring substituents is 1. The average Bonchev–Trinajstić information content (AvgIpc) is 3.22. The van der Waals surface area contributed by atoms with Crippen LogP contribution in [0.5, 0.6) is 11.5 Å². The lowest BCUT2D eigenvalue weighted by atomic mass is 9.95. The number of rotatable bonds is 5. The fourth-order valence-corrected chi connectivity index (χ4v) is 3.88. The molecule has 0 bridgehead atoms. The number of benzene rings is 2. The maximum absolute atomic E-state index is 13.1. The number of carbonyl (C=O) groups is 1.